The Labute approximate surface area is 122 Å². The van der Waals surface area contributed by atoms with Crippen LogP contribution in [0.2, 0.25) is 0 Å². The van der Waals surface area contributed by atoms with Gasteiger partial charge in [-0.3, -0.25) is 0 Å². The van der Waals surface area contributed by atoms with Crippen molar-refractivity contribution in [2.24, 2.45) is 0 Å². The standard InChI is InChI=1S/C15H21F3N2O/c1-3-4-6-11(2)20-14(21)19-10-12-7-5-8-13(9-12)15(16,17)18/h5,7-9,11H,3-4,6,10H2,1-2H3,(H2,19,20,21). The number of rotatable bonds is 6. The van der Waals surface area contributed by atoms with Crippen molar-refractivity contribution in [1.82, 2.24) is 10.6 Å². The number of hydrogen-bond acceptors (Lipinski definition) is 1. The molecule has 0 heterocycles. The molecule has 1 unspecified atom stereocenters. The van der Waals surface area contributed by atoms with Gasteiger partial charge in [0.2, 0.25) is 0 Å². The Bertz CT molecular complexity index is 460. The Balaban J connectivity index is 2.46. The minimum atomic E-state index is -4.37. The average Bonchev–Trinajstić information content (AvgIpc) is 2.42. The van der Waals surface area contributed by atoms with E-state index in [0.717, 1.165) is 31.4 Å². The van der Waals surface area contributed by atoms with Crippen molar-refractivity contribution in [1.29, 1.82) is 0 Å². The molecule has 21 heavy (non-hydrogen) atoms. The Kier molecular flexibility index (Phi) is 6.52. The van der Waals surface area contributed by atoms with Gasteiger partial charge in [-0.1, -0.05) is 31.9 Å². The van der Waals surface area contributed by atoms with Gasteiger partial charge in [-0.15, -0.1) is 0 Å². The predicted molar refractivity (Wildman–Crippen MR) is 75.8 cm³/mol. The highest BCUT2D eigenvalue weighted by Crippen LogP contribution is 2.29. The van der Waals surface area contributed by atoms with E-state index < -0.39 is 11.7 Å². The monoisotopic (exact) mass is 302 g/mol. The number of benzene rings is 1. The van der Waals surface area contributed by atoms with Crippen molar-refractivity contribution >= 4 is 6.03 Å². The van der Waals surface area contributed by atoms with E-state index in [1.54, 1.807) is 6.07 Å². The molecule has 0 aromatic heterocycles. The molecule has 0 saturated carbocycles. The largest absolute Gasteiger partial charge is 0.416 e. The van der Waals surface area contributed by atoms with Crippen LogP contribution in [0, 0.1) is 0 Å². The van der Waals surface area contributed by atoms with Gasteiger partial charge in [0.25, 0.3) is 0 Å². The molecule has 1 aromatic rings. The van der Waals surface area contributed by atoms with Crippen LogP contribution in [0.1, 0.15) is 44.2 Å². The van der Waals surface area contributed by atoms with E-state index in [9.17, 15) is 18.0 Å². The van der Waals surface area contributed by atoms with Gasteiger partial charge in [-0.2, -0.15) is 13.2 Å². The minimum absolute atomic E-state index is 0.0476. The van der Waals surface area contributed by atoms with Crippen LogP contribution in [-0.4, -0.2) is 12.1 Å². The van der Waals surface area contributed by atoms with E-state index in [1.165, 1.54) is 6.07 Å². The molecule has 0 aliphatic rings. The summed E-state index contributed by atoms with van der Waals surface area (Å²) in [4.78, 5) is 11.6. The van der Waals surface area contributed by atoms with Gasteiger partial charge in [0.1, 0.15) is 0 Å². The van der Waals surface area contributed by atoms with Crippen LogP contribution in [0.15, 0.2) is 24.3 Å². The van der Waals surface area contributed by atoms with Crippen molar-refractivity contribution in [2.75, 3.05) is 0 Å². The molecule has 3 nitrogen and oxygen atoms in total. The molecular weight excluding hydrogens is 281 g/mol. The second kappa shape index (κ2) is 7.90. The van der Waals surface area contributed by atoms with E-state index in [-0.39, 0.29) is 18.6 Å². The third kappa shape index (κ3) is 6.51. The number of urea groups is 1. The third-order valence-electron chi connectivity index (χ3n) is 3.08. The van der Waals surface area contributed by atoms with Crippen LogP contribution >= 0.6 is 0 Å². The van der Waals surface area contributed by atoms with Gasteiger partial charge in [0.05, 0.1) is 5.56 Å². The molecule has 0 saturated heterocycles. The zero-order valence-electron chi connectivity index (χ0n) is 12.3. The maximum atomic E-state index is 12.6. The first kappa shape index (κ1) is 17.3. The molecular formula is C15H21F3N2O. The summed E-state index contributed by atoms with van der Waals surface area (Å²) in [6.07, 6.45) is -1.41. The van der Waals surface area contributed by atoms with Crippen LogP contribution in [0.3, 0.4) is 0 Å². The van der Waals surface area contributed by atoms with Gasteiger partial charge in [0.15, 0.2) is 0 Å². The average molecular weight is 302 g/mol. The highest BCUT2D eigenvalue weighted by molar-refractivity contribution is 5.74. The van der Waals surface area contributed by atoms with Gasteiger partial charge < -0.3 is 10.6 Å². The Morgan fingerprint density at radius 1 is 1.33 bits per heavy atom. The predicted octanol–water partition coefficient (Wildman–Crippen LogP) is 4.08. The lowest BCUT2D eigenvalue weighted by atomic mass is 10.1. The first-order chi connectivity index (χ1) is 9.82. The second-order valence-electron chi connectivity index (χ2n) is 5.07. The lowest BCUT2D eigenvalue weighted by molar-refractivity contribution is -0.137. The summed E-state index contributed by atoms with van der Waals surface area (Å²) in [5, 5.41) is 5.33. The molecule has 0 fully saturated rings. The molecule has 118 valence electrons. The van der Waals surface area contributed by atoms with E-state index in [2.05, 4.69) is 17.6 Å². The first-order valence-corrected chi connectivity index (χ1v) is 7.03. The molecule has 2 amide bonds. The second-order valence-corrected chi connectivity index (χ2v) is 5.07. The van der Waals surface area contributed by atoms with Crippen molar-refractivity contribution in [3.8, 4) is 0 Å². The number of halogens is 3. The lowest BCUT2D eigenvalue weighted by Crippen LogP contribution is -2.40. The van der Waals surface area contributed by atoms with E-state index in [0.29, 0.717) is 5.56 Å². The highest BCUT2D eigenvalue weighted by atomic mass is 19.4. The molecule has 2 N–H and O–H groups in total. The minimum Gasteiger partial charge on any atom is -0.336 e. The molecule has 1 aromatic carbocycles. The molecule has 0 bridgehead atoms. The maximum absolute atomic E-state index is 12.6. The number of hydrogen-bond donors (Lipinski definition) is 2. The zero-order valence-corrected chi connectivity index (χ0v) is 12.3. The summed E-state index contributed by atoms with van der Waals surface area (Å²) in [6, 6.07) is 4.62. The van der Waals surface area contributed by atoms with Crippen molar-refractivity contribution in [2.45, 2.75) is 51.9 Å². The van der Waals surface area contributed by atoms with E-state index in [4.69, 9.17) is 0 Å². The van der Waals surface area contributed by atoms with Gasteiger partial charge >= 0.3 is 12.2 Å². The summed E-state index contributed by atoms with van der Waals surface area (Å²) < 4.78 is 37.7. The van der Waals surface area contributed by atoms with Crippen LogP contribution < -0.4 is 10.6 Å². The van der Waals surface area contributed by atoms with Crippen LogP contribution in [0.4, 0.5) is 18.0 Å². The lowest BCUT2D eigenvalue weighted by Gasteiger charge is -2.14. The molecule has 0 radical (unpaired) electrons. The molecule has 1 rings (SSSR count). The summed E-state index contributed by atoms with van der Waals surface area (Å²) >= 11 is 0. The molecule has 0 aliphatic heterocycles. The zero-order chi connectivity index (χ0) is 15.9. The SMILES string of the molecule is CCCCC(C)NC(=O)NCc1cccc(C(F)(F)F)c1. The molecule has 0 aliphatic carbocycles. The summed E-state index contributed by atoms with van der Waals surface area (Å²) in [7, 11) is 0. The molecule has 1 atom stereocenters. The number of unbranched alkanes of at least 4 members (excludes halogenated alkanes) is 1. The first-order valence-electron chi connectivity index (χ1n) is 7.03. The van der Waals surface area contributed by atoms with Gasteiger partial charge in [0, 0.05) is 12.6 Å². The quantitative estimate of drug-likeness (QED) is 0.816. The van der Waals surface area contributed by atoms with Crippen molar-refractivity contribution in [3.05, 3.63) is 35.4 Å². The van der Waals surface area contributed by atoms with Crippen molar-refractivity contribution in [3.63, 3.8) is 0 Å². The molecule has 6 heteroatoms. The van der Waals surface area contributed by atoms with Gasteiger partial charge in [-0.05, 0) is 31.0 Å². The number of nitrogens with one attached hydrogen (secondary N) is 2. The number of alkyl halides is 3. The Hall–Kier alpha value is -1.72. The fraction of sp³-hybridized carbons (Fsp3) is 0.533. The van der Waals surface area contributed by atoms with Crippen LogP contribution in [0.25, 0.3) is 0 Å². The molecule has 0 spiro atoms. The topological polar surface area (TPSA) is 41.1 Å². The van der Waals surface area contributed by atoms with Crippen LogP contribution in [-0.2, 0) is 12.7 Å². The summed E-state index contributed by atoms with van der Waals surface area (Å²) in [5.41, 5.74) is -0.292. The smallest absolute Gasteiger partial charge is 0.336 e. The van der Waals surface area contributed by atoms with E-state index >= 15 is 0 Å². The van der Waals surface area contributed by atoms with Crippen molar-refractivity contribution < 1.29 is 18.0 Å². The van der Waals surface area contributed by atoms with Gasteiger partial charge in [-0.25, -0.2) is 4.79 Å². The normalized spacial score (nSPS) is 12.8. The number of carbonyl (C=O) groups is 1. The fourth-order valence-corrected chi connectivity index (χ4v) is 1.90. The summed E-state index contributed by atoms with van der Waals surface area (Å²) in [5.74, 6) is 0. The number of amides is 2. The highest BCUT2D eigenvalue weighted by Gasteiger charge is 2.30. The number of carbonyl (C=O) groups excluding carboxylic acids is 1. The Morgan fingerprint density at radius 2 is 2.05 bits per heavy atom. The Morgan fingerprint density at radius 3 is 2.67 bits per heavy atom. The van der Waals surface area contributed by atoms with E-state index in [1.807, 2.05) is 6.92 Å². The fourth-order valence-electron chi connectivity index (χ4n) is 1.90. The summed E-state index contributed by atoms with van der Waals surface area (Å²) in [6.45, 7) is 4.04. The van der Waals surface area contributed by atoms with Crippen LogP contribution in [0.5, 0.6) is 0 Å². The maximum Gasteiger partial charge on any atom is 0.416 e. The third-order valence-corrected chi connectivity index (χ3v) is 3.08.